The molecule has 0 aromatic heterocycles. The molecule has 0 bridgehead atoms. The van der Waals surface area contributed by atoms with Gasteiger partial charge in [0.1, 0.15) is 0 Å². The van der Waals surface area contributed by atoms with Crippen LogP contribution in [0.1, 0.15) is 0 Å². The van der Waals surface area contributed by atoms with Crippen LogP contribution in [0.25, 0.3) is 0 Å². The molecule has 52 valence electrons. The SMILES string of the molecule is [Ag].[Au].[Pd].[Pd].[Pt]. The van der Waals surface area contributed by atoms with Crippen LogP contribution in [0.15, 0.2) is 0 Å². The summed E-state index contributed by atoms with van der Waals surface area (Å²) in [6.45, 7) is 0. The molecule has 0 aromatic rings. The van der Waals surface area contributed by atoms with Gasteiger partial charge in [0.2, 0.25) is 0 Å². The molecule has 0 fully saturated rings. The zero-order chi connectivity index (χ0) is 0. The van der Waals surface area contributed by atoms with E-state index < -0.39 is 0 Å². The normalized spacial score (nSPS) is 0. The maximum absolute atomic E-state index is 0. The molecule has 0 amide bonds. The summed E-state index contributed by atoms with van der Waals surface area (Å²) < 4.78 is 0. The fourth-order valence-corrected chi connectivity index (χ4v) is 0. The fourth-order valence-electron chi connectivity index (χ4n) is 0. The second-order valence-corrected chi connectivity index (χ2v) is 0. The molecule has 0 rings (SSSR count). The predicted octanol–water partition coefficient (Wildman–Crippen LogP) is -0.0125. The largest absolute Gasteiger partial charge is 0 e. The number of hydrogen-bond acceptors (Lipinski definition) is 0. The Hall–Kier alpha value is 3.49. The first-order valence-electron chi connectivity index (χ1n) is 0. The molecule has 0 saturated carbocycles. The molecule has 0 spiro atoms. The Kier molecular flexibility index (Phi) is 202. The molecule has 0 aliphatic carbocycles. The van der Waals surface area contributed by atoms with Crippen LogP contribution in [-0.4, -0.2) is 0 Å². The van der Waals surface area contributed by atoms with Crippen molar-refractivity contribution in [1.29, 1.82) is 0 Å². The van der Waals surface area contributed by atoms with E-state index in [1.807, 2.05) is 0 Å². The summed E-state index contributed by atoms with van der Waals surface area (Å²) in [6, 6.07) is 0. The molecule has 0 saturated heterocycles. The standard InChI is InChI=1S/Ag.Au.2Pd.Pt. The van der Waals surface area contributed by atoms with Crippen LogP contribution in [0.3, 0.4) is 0 Å². The zero-order valence-electron chi connectivity index (χ0n) is 1.55. The van der Waals surface area contributed by atoms with Crippen molar-refractivity contribution in [2.75, 3.05) is 0 Å². The minimum absolute atomic E-state index is 0. The van der Waals surface area contributed by atoms with Gasteiger partial charge < -0.3 is 0 Å². The van der Waals surface area contributed by atoms with Gasteiger partial charge in [-0.3, -0.25) is 0 Å². The van der Waals surface area contributed by atoms with E-state index in [1.54, 1.807) is 0 Å². The summed E-state index contributed by atoms with van der Waals surface area (Å²) in [5.41, 5.74) is 0. The third-order valence-electron chi connectivity index (χ3n) is 0. The van der Waals surface area contributed by atoms with Crippen molar-refractivity contribution in [2.45, 2.75) is 0 Å². The van der Waals surface area contributed by atoms with Crippen molar-refractivity contribution in [3.05, 3.63) is 0 Å². The van der Waals surface area contributed by atoms with Gasteiger partial charge in [0.25, 0.3) is 0 Å². The first-order chi connectivity index (χ1) is 0. The van der Waals surface area contributed by atoms with E-state index >= 15 is 0 Å². The van der Waals surface area contributed by atoms with Crippen LogP contribution in [0.4, 0.5) is 0 Å². The van der Waals surface area contributed by atoms with Crippen molar-refractivity contribution >= 4 is 0 Å². The summed E-state index contributed by atoms with van der Waals surface area (Å²) in [5, 5.41) is 0. The van der Waals surface area contributed by atoms with Gasteiger partial charge in [0.05, 0.1) is 0 Å². The van der Waals surface area contributed by atoms with E-state index in [4.69, 9.17) is 0 Å². The average molecular weight is 713 g/mol. The molecule has 0 nitrogen and oxygen atoms in total. The topological polar surface area (TPSA) is 0 Å². The molecular weight excluding hydrogens is 713 g/mol. The van der Waals surface area contributed by atoms with Crippen LogP contribution < -0.4 is 0 Å². The summed E-state index contributed by atoms with van der Waals surface area (Å²) in [4.78, 5) is 0. The molecule has 0 N–H and O–H groups in total. The third-order valence-corrected chi connectivity index (χ3v) is 0. The van der Waals surface area contributed by atoms with E-state index in [0.717, 1.165) is 0 Å². The molecule has 0 aliphatic heterocycles. The summed E-state index contributed by atoms with van der Waals surface area (Å²) >= 11 is 0. The Bertz CT molecular complexity index is 9.61. The van der Waals surface area contributed by atoms with E-state index in [9.17, 15) is 0 Å². The van der Waals surface area contributed by atoms with Crippen molar-refractivity contribution in [2.24, 2.45) is 0 Å². The maximum atomic E-state index is 0. The van der Waals surface area contributed by atoms with Gasteiger partial charge in [0.15, 0.2) is 0 Å². The molecule has 0 atom stereocenters. The smallest absolute Gasteiger partial charge is 0 e. The Morgan fingerprint density at radius 3 is 0.800 bits per heavy atom. The Labute approximate surface area is 105 Å². The maximum Gasteiger partial charge on any atom is 0 e. The molecular formula is AgAuPd2Pt. The summed E-state index contributed by atoms with van der Waals surface area (Å²) in [7, 11) is 0. The average Bonchev–Trinajstić information content (AvgIpc) is 0. The molecule has 5 heavy (non-hydrogen) atoms. The molecule has 0 aromatic carbocycles. The number of hydrogen-bond donors (Lipinski definition) is 0. The summed E-state index contributed by atoms with van der Waals surface area (Å²) in [6.07, 6.45) is 0. The molecule has 2 radical (unpaired) electrons. The van der Waals surface area contributed by atoms with E-state index in [0.29, 0.717) is 0 Å². The van der Waals surface area contributed by atoms with E-state index in [-0.39, 0.29) is 107 Å². The Morgan fingerprint density at radius 1 is 0.800 bits per heavy atom. The van der Waals surface area contributed by atoms with Crippen LogP contribution in [0.2, 0.25) is 0 Å². The summed E-state index contributed by atoms with van der Waals surface area (Å²) in [5.74, 6) is 0. The van der Waals surface area contributed by atoms with Gasteiger partial charge in [-0.1, -0.05) is 0 Å². The van der Waals surface area contributed by atoms with Crippen molar-refractivity contribution in [3.63, 3.8) is 0 Å². The zero-order valence-corrected chi connectivity index (χ0v) is 10.6. The second-order valence-electron chi connectivity index (χ2n) is 0. The quantitative estimate of drug-likeness (QED) is 0.311. The molecule has 5 heteroatoms. The van der Waals surface area contributed by atoms with Gasteiger partial charge in [-0.25, -0.2) is 0 Å². The molecule has 0 aliphatic rings. The van der Waals surface area contributed by atoms with Gasteiger partial charge >= 0.3 is 0 Å². The predicted molar refractivity (Wildman–Crippen MR) is 0 cm³/mol. The van der Waals surface area contributed by atoms with Crippen molar-refractivity contribution in [3.8, 4) is 0 Å². The van der Waals surface area contributed by atoms with Crippen LogP contribution in [0.5, 0.6) is 0 Å². The minimum atomic E-state index is 0. The van der Waals surface area contributed by atoms with Crippen LogP contribution >= 0.6 is 0 Å². The molecule has 0 heterocycles. The first-order valence-corrected chi connectivity index (χ1v) is 0. The minimum Gasteiger partial charge on any atom is 0 e. The van der Waals surface area contributed by atoms with Gasteiger partial charge in [-0.2, -0.15) is 0 Å². The third kappa shape index (κ3) is 18.5. The Balaban J connectivity index is 0. The van der Waals surface area contributed by atoms with Gasteiger partial charge in [0, 0.05) is 107 Å². The van der Waals surface area contributed by atoms with Crippen LogP contribution in [-0.2, 0) is 107 Å². The Morgan fingerprint density at radius 2 is 0.800 bits per heavy atom. The van der Waals surface area contributed by atoms with Gasteiger partial charge in [-0.15, -0.1) is 0 Å². The second kappa shape index (κ2) is 25.9. The van der Waals surface area contributed by atoms with Crippen molar-refractivity contribution < 1.29 is 107 Å². The first kappa shape index (κ1) is 39.1. The fraction of sp³-hybridized carbons (Fsp3) is 0. The number of rotatable bonds is 0. The van der Waals surface area contributed by atoms with Gasteiger partial charge in [-0.05, 0) is 0 Å². The molecule has 0 unspecified atom stereocenters. The monoisotopic (exact) mass is 711 g/mol. The van der Waals surface area contributed by atoms with Crippen LogP contribution in [0, 0.1) is 0 Å². The van der Waals surface area contributed by atoms with Crippen molar-refractivity contribution in [1.82, 2.24) is 0 Å². The van der Waals surface area contributed by atoms with E-state index in [1.165, 1.54) is 0 Å². The van der Waals surface area contributed by atoms with E-state index in [2.05, 4.69) is 0 Å².